The van der Waals surface area contributed by atoms with Gasteiger partial charge < -0.3 is 15.7 Å². The minimum Gasteiger partial charge on any atom is -0.397 e. The van der Waals surface area contributed by atoms with Crippen LogP contribution in [0.5, 0.6) is 0 Å². The molecule has 6 heteroatoms. The third kappa shape index (κ3) is 3.44. The molecule has 1 aromatic heterocycles. The van der Waals surface area contributed by atoms with E-state index in [0.29, 0.717) is 6.54 Å². The third-order valence-electron chi connectivity index (χ3n) is 2.14. The number of aromatic nitrogens is 1. The van der Waals surface area contributed by atoms with Crippen LogP contribution in [0.2, 0.25) is 5.15 Å². The molecule has 3 N–H and O–H groups in total. The molecule has 0 aliphatic rings. The Hall–Kier alpha value is -1.59. The summed E-state index contributed by atoms with van der Waals surface area (Å²) >= 11 is 5.71. The number of carbonyl (C=O) groups excluding carboxylic acids is 1. The molecule has 0 spiro atoms. The van der Waals surface area contributed by atoms with Gasteiger partial charge in [0, 0.05) is 13.1 Å². The molecule has 0 fully saturated rings. The summed E-state index contributed by atoms with van der Waals surface area (Å²) in [5.41, 5.74) is 6.20. The summed E-state index contributed by atoms with van der Waals surface area (Å²) in [4.78, 5) is 17.3. The molecular formula is C11H14ClN3O2. The van der Waals surface area contributed by atoms with Crippen molar-refractivity contribution in [3.63, 3.8) is 0 Å². The monoisotopic (exact) mass is 255 g/mol. The highest BCUT2D eigenvalue weighted by Gasteiger charge is 2.17. The average Bonchev–Trinajstić information content (AvgIpc) is 2.31. The summed E-state index contributed by atoms with van der Waals surface area (Å²) in [5.74, 6) is -0.305. The molecule has 1 amide bonds. The molecule has 0 saturated carbocycles. The van der Waals surface area contributed by atoms with Crippen molar-refractivity contribution in [2.24, 2.45) is 0 Å². The van der Waals surface area contributed by atoms with Crippen LogP contribution >= 0.6 is 11.6 Å². The standard InChI is InChI=1S/C11H14ClN3O2/c1-2-3-15(4-5-16)11(17)8-6-10(12)14-7-9(8)13/h2,6-7,16H,1,3-5,13H2. The summed E-state index contributed by atoms with van der Waals surface area (Å²) < 4.78 is 0. The SMILES string of the molecule is C=CCN(CCO)C(=O)c1cc(Cl)ncc1N. The molecule has 0 aliphatic heterocycles. The quantitative estimate of drug-likeness (QED) is 0.606. The Balaban J connectivity index is 2.99. The van der Waals surface area contributed by atoms with Crippen molar-refractivity contribution < 1.29 is 9.90 Å². The van der Waals surface area contributed by atoms with Gasteiger partial charge in [-0.3, -0.25) is 4.79 Å². The number of amides is 1. The van der Waals surface area contributed by atoms with E-state index >= 15 is 0 Å². The van der Waals surface area contributed by atoms with Gasteiger partial charge in [-0.15, -0.1) is 6.58 Å². The fourth-order valence-corrected chi connectivity index (χ4v) is 1.51. The summed E-state index contributed by atoms with van der Waals surface area (Å²) in [6.45, 7) is 3.97. The second-order valence-corrected chi connectivity index (χ2v) is 3.74. The molecule has 0 aromatic carbocycles. The Bertz CT molecular complexity index is 423. The van der Waals surface area contributed by atoms with E-state index in [9.17, 15) is 4.79 Å². The highest BCUT2D eigenvalue weighted by molar-refractivity contribution is 6.29. The lowest BCUT2D eigenvalue weighted by atomic mass is 10.2. The first-order chi connectivity index (χ1) is 8.10. The number of aliphatic hydroxyl groups excluding tert-OH is 1. The molecule has 1 heterocycles. The zero-order valence-electron chi connectivity index (χ0n) is 9.27. The average molecular weight is 256 g/mol. The molecule has 1 rings (SSSR count). The summed E-state index contributed by atoms with van der Waals surface area (Å²) in [6, 6.07) is 1.41. The Kier molecular flexibility index (Phi) is 4.93. The van der Waals surface area contributed by atoms with E-state index in [1.165, 1.54) is 17.2 Å². The first-order valence-corrected chi connectivity index (χ1v) is 5.40. The molecule has 17 heavy (non-hydrogen) atoms. The van der Waals surface area contributed by atoms with Crippen molar-refractivity contribution in [2.45, 2.75) is 0 Å². The maximum atomic E-state index is 12.1. The first-order valence-electron chi connectivity index (χ1n) is 5.02. The maximum Gasteiger partial charge on any atom is 0.256 e. The van der Waals surface area contributed by atoms with Crippen molar-refractivity contribution >= 4 is 23.2 Å². The van der Waals surface area contributed by atoms with Gasteiger partial charge in [-0.2, -0.15) is 0 Å². The number of halogens is 1. The van der Waals surface area contributed by atoms with Gasteiger partial charge >= 0.3 is 0 Å². The van der Waals surface area contributed by atoms with Crippen LogP contribution in [0.4, 0.5) is 5.69 Å². The van der Waals surface area contributed by atoms with E-state index in [4.69, 9.17) is 22.4 Å². The van der Waals surface area contributed by atoms with Crippen LogP contribution in [0.15, 0.2) is 24.9 Å². The van der Waals surface area contributed by atoms with Gasteiger partial charge in [0.05, 0.1) is 24.1 Å². The van der Waals surface area contributed by atoms with Gasteiger partial charge in [-0.05, 0) is 6.07 Å². The molecular weight excluding hydrogens is 242 g/mol. The van der Waals surface area contributed by atoms with E-state index in [0.717, 1.165) is 0 Å². The molecule has 0 unspecified atom stereocenters. The number of hydrogen-bond donors (Lipinski definition) is 2. The van der Waals surface area contributed by atoms with Gasteiger partial charge in [0.15, 0.2) is 0 Å². The van der Waals surface area contributed by atoms with Crippen LogP contribution in [0.25, 0.3) is 0 Å². The fraction of sp³-hybridized carbons (Fsp3) is 0.273. The molecule has 92 valence electrons. The number of rotatable bonds is 5. The second kappa shape index (κ2) is 6.22. The van der Waals surface area contributed by atoms with Crippen LogP contribution in [-0.2, 0) is 0 Å². The van der Waals surface area contributed by atoms with Gasteiger partial charge in [0.1, 0.15) is 5.15 Å². The third-order valence-corrected chi connectivity index (χ3v) is 2.35. The number of nitrogen functional groups attached to an aromatic ring is 1. The first kappa shape index (κ1) is 13.5. The van der Waals surface area contributed by atoms with Crippen molar-refractivity contribution in [1.29, 1.82) is 0 Å². The molecule has 1 aromatic rings. The van der Waals surface area contributed by atoms with E-state index in [1.807, 2.05) is 0 Å². The van der Waals surface area contributed by atoms with E-state index < -0.39 is 0 Å². The topological polar surface area (TPSA) is 79.5 Å². The van der Waals surface area contributed by atoms with Crippen LogP contribution in [0, 0.1) is 0 Å². The summed E-state index contributed by atoms with van der Waals surface area (Å²) in [7, 11) is 0. The Morgan fingerprint density at radius 1 is 1.71 bits per heavy atom. The van der Waals surface area contributed by atoms with Gasteiger partial charge in [-0.1, -0.05) is 17.7 Å². The lowest BCUT2D eigenvalue weighted by Crippen LogP contribution is -2.34. The smallest absolute Gasteiger partial charge is 0.256 e. The highest BCUT2D eigenvalue weighted by atomic mass is 35.5. The van der Waals surface area contributed by atoms with Gasteiger partial charge in [0.25, 0.3) is 5.91 Å². The molecule has 5 nitrogen and oxygen atoms in total. The number of hydrogen-bond acceptors (Lipinski definition) is 4. The van der Waals surface area contributed by atoms with E-state index in [-0.39, 0.29) is 35.5 Å². The fourth-order valence-electron chi connectivity index (χ4n) is 1.35. The number of carbonyl (C=O) groups is 1. The number of pyridine rings is 1. The summed E-state index contributed by atoms with van der Waals surface area (Å²) in [5, 5.41) is 9.08. The predicted octanol–water partition coefficient (Wildman–Crippen LogP) is 0.938. The molecule has 0 aliphatic carbocycles. The maximum absolute atomic E-state index is 12.1. The Labute approximate surface area is 105 Å². The largest absolute Gasteiger partial charge is 0.397 e. The zero-order chi connectivity index (χ0) is 12.8. The summed E-state index contributed by atoms with van der Waals surface area (Å²) in [6.07, 6.45) is 2.91. The van der Waals surface area contributed by atoms with Gasteiger partial charge in [-0.25, -0.2) is 4.98 Å². The lowest BCUT2D eigenvalue weighted by Gasteiger charge is -2.20. The lowest BCUT2D eigenvalue weighted by molar-refractivity contribution is 0.0744. The Morgan fingerprint density at radius 3 is 3.00 bits per heavy atom. The van der Waals surface area contributed by atoms with Crippen molar-refractivity contribution in [1.82, 2.24) is 9.88 Å². The van der Waals surface area contributed by atoms with Crippen molar-refractivity contribution in [2.75, 3.05) is 25.4 Å². The Morgan fingerprint density at radius 2 is 2.41 bits per heavy atom. The molecule has 0 atom stereocenters. The van der Waals surface area contributed by atoms with Gasteiger partial charge in [0.2, 0.25) is 0 Å². The normalized spacial score (nSPS) is 10.0. The van der Waals surface area contributed by atoms with Crippen molar-refractivity contribution in [3.8, 4) is 0 Å². The van der Waals surface area contributed by atoms with Crippen LogP contribution in [-0.4, -0.2) is 40.6 Å². The number of nitrogens with zero attached hydrogens (tertiary/aromatic N) is 2. The van der Waals surface area contributed by atoms with Crippen LogP contribution in [0.3, 0.4) is 0 Å². The zero-order valence-corrected chi connectivity index (χ0v) is 10.0. The predicted molar refractivity (Wildman–Crippen MR) is 66.8 cm³/mol. The molecule has 0 bridgehead atoms. The van der Waals surface area contributed by atoms with Crippen LogP contribution in [0.1, 0.15) is 10.4 Å². The van der Waals surface area contributed by atoms with E-state index in [1.54, 1.807) is 6.08 Å². The minimum absolute atomic E-state index is 0.127. The van der Waals surface area contributed by atoms with Crippen LogP contribution < -0.4 is 5.73 Å². The van der Waals surface area contributed by atoms with Crippen molar-refractivity contribution in [3.05, 3.63) is 35.6 Å². The number of aliphatic hydroxyl groups is 1. The minimum atomic E-state index is -0.305. The number of anilines is 1. The number of nitrogens with two attached hydrogens (primary N) is 1. The highest BCUT2D eigenvalue weighted by Crippen LogP contribution is 2.17. The van der Waals surface area contributed by atoms with E-state index in [2.05, 4.69) is 11.6 Å². The molecule has 0 saturated heterocycles. The molecule has 0 radical (unpaired) electrons. The second-order valence-electron chi connectivity index (χ2n) is 3.36.